The zero-order valence-electron chi connectivity index (χ0n) is 11.5. The molecule has 0 spiro atoms. The van der Waals surface area contributed by atoms with Crippen LogP contribution in [0.25, 0.3) is 21.1 Å². The van der Waals surface area contributed by atoms with Crippen LogP contribution in [0.3, 0.4) is 0 Å². The summed E-state index contributed by atoms with van der Waals surface area (Å²) in [5.74, 6) is 0.932. The van der Waals surface area contributed by atoms with Gasteiger partial charge in [-0.05, 0) is 28.5 Å². The number of benzene rings is 1. The van der Waals surface area contributed by atoms with Gasteiger partial charge in [-0.15, -0.1) is 11.3 Å². The molecule has 0 saturated carbocycles. The Morgan fingerprint density at radius 3 is 3.05 bits per heavy atom. The zero-order valence-corrected chi connectivity index (χ0v) is 13.1. The Labute approximate surface area is 130 Å². The van der Waals surface area contributed by atoms with E-state index in [9.17, 15) is 0 Å². The molecular formula is C16H13N3S2. The van der Waals surface area contributed by atoms with Gasteiger partial charge in [0.25, 0.3) is 0 Å². The first-order chi connectivity index (χ1) is 10.3. The average molecular weight is 311 g/mol. The smallest absolute Gasteiger partial charge is 0.122 e. The maximum absolute atomic E-state index is 4.52. The Morgan fingerprint density at radius 1 is 1.19 bits per heavy atom. The first-order valence-electron chi connectivity index (χ1n) is 6.67. The van der Waals surface area contributed by atoms with E-state index in [1.54, 1.807) is 23.1 Å². The second-order valence-electron chi connectivity index (χ2n) is 4.89. The van der Waals surface area contributed by atoms with Crippen molar-refractivity contribution in [3.63, 3.8) is 0 Å². The van der Waals surface area contributed by atoms with Crippen molar-refractivity contribution in [1.82, 2.24) is 14.5 Å². The Morgan fingerprint density at radius 2 is 2.10 bits per heavy atom. The van der Waals surface area contributed by atoms with E-state index in [-0.39, 0.29) is 0 Å². The maximum Gasteiger partial charge on any atom is 0.122 e. The van der Waals surface area contributed by atoms with Crippen LogP contribution in [0.1, 0.15) is 5.56 Å². The van der Waals surface area contributed by atoms with E-state index < -0.39 is 0 Å². The van der Waals surface area contributed by atoms with Crippen molar-refractivity contribution in [3.05, 3.63) is 53.8 Å². The molecule has 3 heterocycles. The van der Waals surface area contributed by atoms with E-state index in [0.29, 0.717) is 0 Å². The Bertz CT molecular complexity index is 923. The minimum atomic E-state index is 0.932. The highest BCUT2D eigenvalue weighted by atomic mass is 32.2. The van der Waals surface area contributed by atoms with Crippen LogP contribution in [0.15, 0.2) is 53.3 Å². The number of thioether (sulfide) groups is 1. The van der Waals surface area contributed by atoms with Crippen LogP contribution in [0.4, 0.5) is 0 Å². The number of hydrogen-bond acceptors (Lipinski definition) is 4. The second kappa shape index (κ2) is 5.16. The molecular weight excluding hydrogens is 298 g/mol. The maximum atomic E-state index is 4.52. The lowest BCUT2D eigenvalue weighted by Gasteiger charge is -2.03. The van der Waals surface area contributed by atoms with E-state index in [2.05, 4.69) is 39.6 Å². The van der Waals surface area contributed by atoms with E-state index in [4.69, 9.17) is 0 Å². The second-order valence-corrected chi connectivity index (χ2v) is 6.76. The molecule has 3 aromatic heterocycles. The number of thiophene rings is 1. The van der Waals surface area contributed by atoms with E-state index in [1.165, 1.54) is 15.6 Å². The average Bonchev–Trinajstić information content (AvgIpc) is 3.10. The highest BCUT2D eigenvalue weighted by molar-refractivity contribution is 7.98. The quantitative estimate of drug-likeness (QED) is 0.523. The number of aryl methyl sites for hydroxylation is 1. The highest BCUT2D eigenvalue weighted by Gasteiger charge is 2.10. The molecule has 0 saturated heterocycles. The first-order valence-corrected chi connectivity index (χ1v) is 8.53. The molecule has 21 heavy (non-hydrogen) atoms. The molecule has 0 N–H and O–H groups in total. The number of pyridine rings is 1. The molecule has 4 aromatic rings. The molecule has 0 atom stereocenters. The van der Waals surface area contributed by atoms with Crippen LogP contribution in [-0.2, 0) is 12.8 Å². The van der Waals surface area contributed by atoms with Gasteiger partial charge in [-0.1, -0.05) is 30.0 Å². The van der Waals surface area contributed by atoms with Gasteiger partial charge in [0.05, 0.1) is 11.8 Å². The number of hydrogen-bond donors (Lipinski definition) is 0. The number of fused-ring (bicyclic) bond motifs is 2. The third-order valence-corrected chi connectivity index (χ3v) is 5.56. The van der Waals surface area contributed by atoms with Gasteiger partial charge in [-0.25, -0.2) is 9.97 Å². The normalized spacial score (nSPS) is 11.5. The summed E-state index contributed by atoms with van der Waals surface area (Å²) in [4.78, 5) is 8.91. The zero-order chi connectivity index (χ0) is 14.2. The molecule has 0 fully saturated rings. The predicted octanol–water partition coefficient (Wildman–Crippen LogP) is 4.48. The molecule has 3 nitrogen and oxygen atoms in total. The molecule has 104 valence electrons. The van der Waals surface area contributed by atoms with Crippen molar-refractivity contribution in [3.8, 4) is 0 Å². The molecule has 0 aliphatic rings. The minimum Gasteiger partial charge on any atom is -0.332 e. The van der Waals surface area contributed by atoms with Crippen molar-refractivity contribution >= 4 is 44.2 Å². The summed E-state index contributed by atoms with van der Waals surface area (Å²) in [6.07, 6.45) is 3.68. The summed E-state index contributed by atoms with van der Waals surface area (Å²) in [5, 5.41) is 4.65. The summed E-state index contributed by atoms with van der Waals surface area (Å²) >= 11 is 3.58. The van der Waals surface area contributed by atoms with Gasteiger partial charge in [0, 0.05) is 23.7 Å². The van der Waals surface area contributed by atoms with E-state index >= 15 is 0 Å². The monoisotopic (exact) mass is 311 g/mol. The van der Waals surface area contributed by atoms with Gasteiger partial charge in [0.1, 0.15) is 10.5 Å². The molecule has 0 aliphatic carbocycles. The van der Waals surface area contributed by atoms with E-state index in [1.807, 2.05) is 30.2 Å². The lowest BCUT2D eigenvalue weighted by Crippen LogP contribution is -1.90. The predicted molar refractivity (Wildman–Crippen MR) is 89.9 cm³/mol. The summed E-state index contributed by atoms with van der Waals surface area (Å²) in [6, 6.07) is 10.5. The van der Waals surface area contributed by atoms with Crippen molar-refractivity contribution < 1.29 is 0 Å². The molecule has 5 heteroatoms. The fourth-order valence-electron chi connectivity index (χ4n) is 2.46. The molecule has 0 bridgehead atoms. The third-order valence-electron chi connectivity index (χ3n) is 3.52. The number of nitrogens with zero attached hydrogens (tertiary/aromatic N) is 3. The molecule has 0 unspecified atom stereocenters. The van der Waals surface area contributed by atoms with Crippen LogP contribution < -0.4 is 0 Å². The number of imidazole rings is 1. The van der Waals surface area contributed by atoms with Crippen molar-refractivity contribution in [2.75, 3.05) is 0 Å². The van der Waals surface area contributed by atoms with Crippen LogP contribution >= 0.6 is 23.1 Å². The fourth-order valence-corrected chi connectivity index (χ4v) is 4.58. The van der Waals surface area contributed by atoms with Gasteiger partial charge < -0.3 is 4.57 Å². The standard InChI is InChI=1S/C16H13N3S2/c1-19-10-18-13-6-7-17-16(15(13)19)21-9-11-8-20-14-5-3-2-4-12(11)14/h2-8,10H,9H2,1H3. The number of aromatic nitrogens is 3. The molecule has 4 rings (SSSR count). The summed E-state index contributed by atoms with van der Waals surface area (Å²) in [6.45, 7) is 0. The van der Waals surface area contributed by atoms with Crippen molar-refractivity contribution in [1.29, 1.82) is 0 Å². The summed E-state index contributed by atoms with van der Waals surface area (Å²) < 4.78 is 3.39. The minimum absolute atomic E-state index is 0.932. The van der Waals surface area contributed by atoms with Crippen molar-refractivity contribution in [2.45, 2.75) is 10.8 Å². The van der Waals surface area contributed by atoms with Gasteiger partial charge in [-0.2, -0.15) is 0 Å². The fraction of sp³-hybridized carbons (Fsp3) is 0.125. The first kappa shape index (κ1) is 12.9. The SMILES string of the molecule is Cn1cnc2ccnc(SCc3csc4ccccc34)c21. The number of rotatable bonds is 3. The molecule has 0 aliphatic heterocycles. The topological polar surface area (TPSA) is 30.7 Å². The Kier molecular flexibility index (Phi) is 3.16. The van der Waals surface area contributed by atoms with Gasteiger partial charge in [-0.3, -0.25) is 0 Å². The molecule has 0 radical (unpaired) electrons. The molecule has 0 amide bonds. The largest absolute Gasteiger partial charge is 0.332 e. The van der Waals surface area contributed by atoms with E-state index in [0.717, 1.165) is 21.8 Å². The summed E-state index contributed by atoms with van der Waals surface area (Å²) in [5.41, 5.74) is 3.49. The van der Waals surface area contributed by atoms with Crippen molar-refractivity contribution in [2.24, 2.45) is 7.05 Å². The Balaban J connectivity index is 1.68. The highest BCUT2D eigenvalue weighted by Crippen LogP contribution is 2.32. The van der Waals surface area contributed by atoms with Crippen LogP contribution in [-0.4, -0.2) is 14.5 Å². The lowest BCUT2D eigenvalue weighted by molar-refractivity contribution is 0.927. The van der Waals surface area contributed by atoms with Crippen LogP contribution in [0.5, 0.6) is 0 Å². The Hall–Kier alpha value is -1.85. The third kappa shape index (κ3) is 2.22. The molecule has 1 aromatic carbocycles. The van der Waals surface area contributed by atoms with Gasteiger partial charge in [0.15, 0.2) is 0 Å². The lowest BCUT2D eigenvalue weighted by atomic mass is 10.2. The van der Waals surface area contributed by atoms with Gasteiger partial charge in [0.2, 0.25) is 0 Å². The summed E-state index contributed by atoms with van der Waals surface area (Å²) in [7, 11) is 2.01. The van der Waals surface area contributed by atoms with Crippen LogP contribution in [0.2, 0.25) is 0 Å². The van der Waals surface area contributed by atoms with Gasteiger partial charge >= 0.3 is 0 Å². The van der Waals surface area contributed by atoms with Crippen LogP contribution in [0, 0.1) is 0 Å².